The Kier molecular flexibility index (Phi) is 3.76. The number of hydrogen-bond acceptors (Lipinski definition) is 4. The van der Waals surface area contributed by atoms with E-state index in [9.17, 15) is 20.0 Å². The van der Waals surface area contributed by atoms with Gasteiger partial charge in [0.1, 0.15) is 5.60 Å². The van der Waals surface area contributed by atoms with Crippen LogP contribution in [0.25, 0.3) is 0 Å². The first kappa shape index (κ1) is 14.5. The molecule has 1 N–H and O–H groups in total. The van der Waals surface area contributed by atoms with Crippen LogP contribution in [0.4, 0.5) is 5.69 Å². The summed E-state index contributed by atoms with van der Waals surface area (Å²) in [6, 6.07) is 6.23. The zero-order valence-electron chi connectivity index (χ0n) is 11.6. The molecule has 6 heteroatoms. The summed E-state index contributed by atoms with van der Waals surface area (Å²) in [6.45, 7) is 4.40. The second-order valence-electron chi connectivity index (χ2n) is 5.57. The van der Waals surface area contributed by atoms with Crippen LogP contribution in [0.1, 0.15) is 19.4 Å². The van der Waals surface area contributed by atoms with Crippen molar-refractivity contribution in [3.05, 3.63) is 39.9 Å². The number of likely N-dealkylation sites (tertiary alicyclic amines) is 1. The van der Waals surface area contributed by atoms with Gasteiger partial charge in [0.2, 0.25) is 5.91 Å². The third kappa shape index (κ3) is 2.65. The number of aliphatic hydroxyl groups is 1. The minimum atomic E-state index is -0.821. The summed E-state index contributed by atoms with van der Waals surface area (Å²) in [5, 5.41) is 21.0. The first-order chi connectivity index (χ1) is 9.33. The number of carbonyl (C=O) groups is 1. The Morgan fingerprint density at radius 3 is 2.60 bits per heavy atom. The summed E-state index contributed by atoms with van der Waals surface area (Å²) in [5.74, 6) is -0.109. The number of nitro groups is 1. The quantitative estimate of drug-likeness (QED) is 0.666. The van der Waals surface area contributed by atoms with Crippen molar-refractivity contribution < 1.29 is 14.8 Å². The minimum Gasteiger partial charge on any atom is -0.386 e. The molecule has 1 aromatic rings. The van der Waals surface area contributed by atoms with Gasteiger partial charge in [0, 0.05) is 11.6 Å². The number of amides is 1. The van der Waals surface area contributed by atoms with Gasteiger partial charge in [-0.05, 0) is 5.92 Å². The zero-order valence-corrected chi connectivity index (χ0v) is 11.6. The van der Waals surface area contributed by atoms with Crippen LogP contribution in [0.15, 0.2) is 24.3 Å². The van der Waals surface area contributed by atoms with Crippen LogP contribution in [-0.4, -0.2) is 39.5 Å². The normalized spacial score (nSPS) is 16.9. The standard InChI is InChI=1S/C14H18N2O4/c1-10(2)14(18)8-15(9-14)13(17)7-11-5-3-4-6-12(11)16(19)20/h3-6,10,18H,7-9H2,1-2H3. The average Bonchev–Trinajstić information content (AvgIpc) is 2.34. The molecule has 1 aromatic carbocycles. The molecule has 0 bridgehead atoms. The third-order valence-electron chi connectivity index (χ3n) is 3.89. The van der Waals surface area contributed by atoms with Crippen molar-refractivity contribution in [3.8, 4) is 0 Å². The average molecular weight is 278 g/mol. The van der Waals surface area contributed by atoms with Crippen molar-refractivity contribution in [2.75, 3.05) is 13.1 Å². The van der Waals surface area contributed by atoms with E-state index in [0.717, 1.165) is 0 Å². The van der Waals surface area contributed by atoms with Gasteiger partial charge in [0.25, 0.3) is 5.69 Å². The van der Waals surface area contributed by atoms with E-state index in [4.69, 9.17) is 0 Å². The van der Waals surface area contributed by atoms with Crippen LogP contribution in [0, 0.1) is 16.0 Å². The maximum Gasteiger partial charge on any atom is 0.273 e. The molecular weight excluding hydrogens is 260 g/mol. The summed E-state index contributed by atoms with van der Waals surface area (Å²) >= 11 is 0. The first-order valence-electron chi connectivity index (χ1n) is 6.56. The van der Waals surface area contributed by atoms with E-state index in [-0.39, 0.29) is 23.9 Å². The van der Waals surface area contributed by atoms with Gasteiger partial charge in [-0.2, -0.15) is 0 Å². The highest BCUT2D eigenvalue weighted by Crippen LogP contribution is 2.29. The Hall–Kier alpha value is -1.95. The van der Waals surface area contributed by atoms with Crippen LogP contribution >= 0.6 is 0 Å². The van der Waals surface area contributed by atoms with E-state index in [1.54, 1.807) is 18.2 Å². The largest absolute Gasteiger partial charge is 0.386 e. The molecule has 1 heterocycles. The van der Waals surface area contributed by atoms with Gasteiger partial charge in [0.15, 0.2) is 0 Å². The molecule has 0 aromatic heterocycles. The molecule has 108 valence electrons. The molecule has 0 radical (unpaired) electrons. The van der Waals surface area contributed by atoms with Gasteiger partial charge < -0.3 is 10.0 Å². The van der Waals surface area contributed by atoms with Crippen LogP contribution in [0.2, 0.25) is 0 Å². The highest BCUT2D eigenvalue weighted by atomic mass is 16.6. The van der Waals surface area contributed by atoms with Gasteiger partial charge in [0.05, 0.1) is 24.4 Å². The first-order valence-corrected chi connectivity index (χ1v) is 6.56. The summed E-state index contributed by atoms with van der Waals surface area (Å²) in [5.41, 5.74) is -0.457. The van der Waals surface area contributed by atoms with Crippen molar-refractivity contribution in [1.82, 2.24) is 4.90 Å². The van der Waals surface area contributed by atoms with E-state index in [1.165, 1.54) is 11.0 Å². The number of benzene rings is 1. The van der Waals surface area contributed by atoms with Crippen LogP contribution in [0.3, 0.4) is 0 Å². The minimum absolute atomic E-state index is 0.00860. The van der Waals surface area contributed by atoms with E-state index < -0.39 is 10.5 Å². The number of nitro benzene ring substituents is 1. The molecule has 2 rings (SSSR count). The van der Waals surface area contributed by atoms with Crippen molar-refractivity contribution in [2.45, 2.75) is 25.9 Å². The van der Waals surface area contributed by atoms with E-state index >= 15 is 0 Å². The lowest BCUT2D eigenvalue weighted by Crippen LogP contribution is -2.66. The molecule has 1 saturated heterocycles. The number of para-hydroxylation sites is 1. The van der Waals surface area contributed by atoms with Gasteiger partial charge in [-0.15, -0.1) is 0 Å². The van der Waals surface area contributed by atoms with E-state index in [2.05, 4.69) is 0 Å². The number of rotatable bonds is 4. The summed E-state index contributed by atoms with van der Waals surface area (Å²) < 4.78 is 0. The molecule has 1 amide bonds. The molecule has 0 spiro atoms. The van der Waals surface area contributed by atoms with Gasteiger partial charge in [-0.3, -0.25) is 14.9 Å². The predicted molar refractivity (Wildman–Crippen MR) is 73.2 cm³/mol. The van der Waals surface area contributed by atoms with Crippen molar-refractivity contribution in [1.29, 1.82) is 0 Å². The third-order valence-corrected chi connectivity index (χ3v) is 3.89. The van der Waals surface area contributed by atoms with Crippen LogP contribution in [0.5, 0.6) is 0 Å². The van der Waals surface area contributed by atoms with E-state index in [0.29, 0.717) is 18.7 Å². The molecule has 1 aliphatic rings. The number of β-amino-alcohol motifs (C(OH)–C–C–N with tert-alkyl or cyclic N) is 1. The Bertz CT molecular complexity index is 536. The summed E-state index contributed by atoms with van der Waals surface area (Å²) in [6.07, 6.45) is -0.00860. The zero-order chi connectivity index (χ0) is 14.9. The second kappa shape index (κ2) is 5.20. The smallest absolute Gasteiger partial charge is 0.273 e. The van der Waals surface area contributed by atoms with Gasteiger partial charge in [-0.1, -0.05) is 32.0 Å². The Morgan fingerprint density at radius 1 is 1.45 bits per heavy atom. The molecule has 0 unspecified atom stereocenters. The molecule has 0 saturated carbocycles. The number of carbonyl (C=O) groups excluding carboxylic acids is 1. The Balaban J connectivity index is 2.02. The fourth-order valence-corrected chi connectivity index (χ4v) is 2.27. The molecule has 0 atom stereocenters. The number of nitrogens with zero attached hydrogens (tertiary/aromatic N) is 2. The molecule has 1 aliphatic heterocycles. The lowest BCUT2D eigenvalue weighted by Gasteiger charge is -2.49. The summed E-state index contributed by atoms with van der Waals surface area (Å²) in [4.78, 5) is 24.0. The van der Waals surface area contributed by atoms with Crippen LogP contribution in [-0.2, 0) is 11.2 Å². The molecule has 1 fully saturated rings. The summed E-state index contributed by atoms with van der Waals surface area (Å²) in [7, 11) is 0. The fraction of sp³-hybridized carbons (Fsp3) is 0.500. The topological polar surface area (TPSA) is 83.7 Å². The molecule has 0 aliphatic carbocycles. The monoisotopic (exact) mass is 278 g/mol. The fourth-order valence-electron chi connectivity index (χ4n) is 2.27. The maximum absolute atomic E-state index is 12.1. The van der Waals surface area contributed by atoms with Crippen LogP contribution < -0.4 is 0 Å². The molecule has 20 heavy (non-hydrogen) atoms. The van der Waals surface area contributed by atoms with Crippen molar-refractivity contribution in [3.63, 3.8) is 0 Å². The van der Waals surface area contributed by atoms with Crippen molar-refractivity contribution in [2.24, 2.45) is 5.92 Å². The SMILES string of the molecule is CC(C)C1(O)CN(C(=O)Cc2ccccc2[N+](=O)[O-])C1. The van der Waals surface area contributed by atoms with Gasteiger partial charge >= 0.3 is 0 Å². The lowest BCUT2D eigenvalue weighted by molar-refractivity contribution is -0.385. The van der Waals surface area contributed by atoms with Crippen molar-refractivity contribution >= 4 is 11.6 Å². The lowest BCUT2D eigenvalue weighted by atomic mass is 9.82. The van der Waals surface area contributed by atoms with E-state index in [1.807, 2.05) is 13.8 Å². The molecular formula is C14H18N2O4. The van der Waals surface area contributed by atoms with Gasteiger partial charge in [-0.25, -0.2) is 0 Å². The predicted octanol–water partition coefficient (Wildman–Crippen LogP) is 1.37. The maximum atomic E-state index is 12.1. The Morgan fingerprint density at radius 2 is 2.05 bits per heavy atom. The highest BCUT2D eigenvalue weighted by molar-refractivity contribution is 5.81. The Labute approximate surface area is 117 Å². The highest BCUT2D eigenvalue weighted by Gasteiger charge is 2.45. The molecule has 6 nitrogen and oxygen atoms in total. The second-order valence-corrected chi connectivity index (χ2v) is 5.57. The number of hydrogen-bond donors (Lipinski definition) is 1.